The van der Waals surface area contributed by atoms with Crippen molar-refractivity contribution in [3.05, 3.63) is 59.1 Å². The third kappa shape index (κ3) is 9.43. The summed E-state index contributed by atoms with van der Waals surface area (Å²) in [5.74, 6) is -2.10. The molecule has 0 radical (unpaired) electrons. The summed E-state index contributed by atoms with van der Waals surface area (Å²) in [4.78, 5) is 25.6. The first-order valence-corrected chi connectivity index (χ1v) is 10.1. The summed E-state index contributed by atoms with van der Waals surface area (Å²) in [5, 5.41) is 19.6. The van der Waals surface area contributed by atoms with Crippen LogP contribution in [-0.4, -0.2) is 71.8 Å². The molecule has 0 aromatic heterocycles. The molecule has 34 heavy (non-hydrogen) atoms. The van der Waals surface area contributed by atoms with Gasteiger partial charge in [-0.3, -0.25) is 9.63 Å². The minimum absolute atomic E-state index is 0.0603. The standard InChI is InChI=1S/C19H21ClN2O5.C2HF3O2/c20-14-4-6-16(7-5-14)27-18-10-22(26-12-18)9-15(23)11-25-17-3-1-2-13(8-17)19(21)24;3-2(4,5)1(6)7/h1-8,15,18,23H,9-12H2,(H2,21,24);(H,6,7)/t15-,18+;/m0./s1. The van der Waals surface area contributed by atoms with Gasteiger partial charge in [-0.2, -0.15) is 18.2 Å². The molecule has 4 N–H and O–H groups in total. The molecule has 1 fully saturated rings. The molecule has 9 nitrogen and oxygen atoms in total. The number of aliphatic hydroxyl groups is 1. The Kier molecular flexibility index (Phi) is 9.93. The Morgan fingerprint density at radius 2 is 1.85 bits per heavy atom. The Labute approximate surface area is 197 Å². The summed E-state index contributed by atoms with van der Waals surface area (Å²) in [7, 11) is 0. The number of β-amino-alcohol motifs (C(OH)–C–C–N with tert-alkyl or cyclic N) is 1. The van der Waals surface area contributed by atoms with E-state index in [-0.39, 0.29) is 19.3 Å². The predicted octanol–water partition coefficient (Wildman–Crippen LogP) is 2.51. The van der Waals surface area contributed by atoms with Crippen LogP contribution in [0.3, 0.4) is 0 Å². The highest BCUT2D eigenvalue weighted by atomic mass is 35.5. The number of carboxylic acids is 1. The van der Waals surface area contributed by atoms with Gasteiger partial charge in [-0.1, -0.05) is 17.7 Å². The number of amides is 1. The van der Waals surface area contributed by atoms with Crippen LogP contribution in [0.2, 0.25) is 5.02 Å². The number of nitrogens with zero attached hydrogens (tertiary/aromatic N) is 1. The Hall–Kier alpha value is -3.06. The van der Waals surface area contributed by atoms with Gasteiger partial charge in [0.15, 0.2) is 0 Å². The highest BCUT2D eigenvalue weighted by Crippen LogP contribution is 2.20. The lowest BCUT2D eigenvalue weighted by molar-refractivity contribution is -0.192. The Balaban J connectivity index is 0.000000509. The summed E-state index contributed by atoms with van der Waals surface area (Å²) in [6.07, 6.45) is -5.98. The van der Waals surface area contributed by atoms with Crippen LogP contribution in [0.25, 0.3) is 0 Å². The zero-order valence-electron chi connectivity index (χ0n) is 17.6. The quantitative estimate of drug-likeness (QED) is 0.497. The molecule has 0 unspecified atom stereocenters. The number of benzene rings is 2. The van der Waals surface area contributed by atoms with Gasteiger partial charge < -0.3 is 25.4 Å². The molecule has 1 aliphatic rings. The highest BCUT2D eigenvalue weighted by Gasteiger charge is 2.38. The SMILES string of the molecule is NC(=O)c1cccc(OC[C@@H](O)CN2C[C@@H](Oc3ccc(Cl)cc3)CO2)c1.O=C(O)C(F)(F)F. The summed E-state index contributed by atoms with van der Waals surface area (Å²) < 4.78 is 43.1. The van der Waals surface area contributed by atoms with Gasteiger partial charge in [0.2, 0.25) is 5.91 Å². The third-order valence-corrected chi connectivity index (χ3v) is 4.44. The average Bonchev–Trinajstić information content (AvgIpc) is 3.20. The van der Waals surface area contributed by atoms with Crippen LogP contribution in [0.4, 0.5) is 13.2 Å². The summed E-state index contributed by atoms with van der Waals surface area (Å²) in [5.41, 5.74) is 5.59. The molecule has 2 aromatic rings. The fraction of sp³-hybridized carbons (Fsp3) is 0.333. The number of carboxylic acid groups (broad SMARTS) is 1. The maximum atomic E-state index is 11.2. The Morgan fingerprint density at radius 1 is 1.21 bits per heavy atom. The third-order valence-electron chi connectivity index (χ3n) is 4.18. The molecule has 1 aliphatic heterocycles. The molecule has 186 valence electrons. The normalized spacial score (nSPS) is 16.8. The minimum Gasteiger partial charge on any atom is -0.491 e. The lowest BCUT2D eigenvalue weighted by Crippen LogP contribution is -2.34. The van der Waals surface area contributed by atoms with Gasteiger partial charge in [0.25, 0.3) is 0 Å². The number of ether oxygens (including phenoxy) is 2. The molecule has 0 bridgehead atoms. The van der Waals surface area contributed by atoms with E-state index in [4.69, 9.17) is 41.5 Å². The van der Waals surface area contributed by atoms with E-state index in [1.165, 1.54) is 6.07 Å². The Morgan fingerprint density at radius 3 is 2.44 bits per heavy atom. The van der Waals surface area contributed by atoms with Crippen molar-refractivity contribution in [2.45, 2.75) is 18.4 Å². The van der Waals surface area contributed by atoms with E-state index in [0.717, 1.165) is 0 Å². The molecular formula is C21H22ClF3N2O7. The number of carbonyl (C=O) groups excluding carboxylic acids is 1. The van der Waals surface area contributed by atoms with Crippen molar-refractivity contribution in [2.24, 2.45) is 5.73 Å². The van der Waals surface area contributed by atoms with Gasteiger partial charge in [0.05, 0.1) is 13.1 Å². The number of primary amides is 1. The van der Waals surface area contributed by atoms with Crippen molar-refractivity contribution >= 4 is 23.5 Å². The summed E-state index contributed by atoms with van der Waals surface area (Å²) in [6.45, 7) is 1.26. The Bertz CT molecular complexity index is 960. The largest absolute Gasteiger partial charge is 0.491 e. The van der Waals surface area contributed by atoms with Crippen LogP contribution in [0.1, 0.15) is 10.4 Å². The highest BCUT2D eigenvalue weighted by molar-refractivity contribution is 6.30. The second-order valence-electron chi connectivity index (χ2n) is 7.00. The number of aliphatic carboxylic acids is 1. The van der Waals surface area contributed by atoms with E-state index in [0.29, 0.717) is 35.2 Å². The molecule has 13 heteroatoms. The van der Waals surface area contributed by atoms with Crippen molar-refractivity contribution < 1.29 is 47.3 Å². The van der Waals surface area contributed by atoms with E-state index in [2.05, 4.69) is 0 Å². The van der Waals surface area contributed by atoms with E-state index in [1.807, 2.05) is 0 Å². The van der Waals surface area contributed by atoms with Crippen LogP contribution in [0, 0.1) is 0 Å². The van der Waals surface area contributed by atoms with E-state index in [1.54, 1.807) is 47.5 Å². The van der Waals surface area contributed by atoms with Gasteiger partial charge in [0.1, 0.15) is 36.9 Å². The van der Waals surface area contributed by atoms with Gasteiger partial charge in [-0.25, -0.2) is 4.79 Å². The average molecular weight is 507 g/mol. The maximum Gasteiger partial charge on any atom is 0.490 e. The minimum atomic E-state index is -5.08. The molecule has 1 amide bonds. The number of rotatable bonds is 8. The number of hydrogen-bond acceptors (Lipinski definition) is 7. The van der Waals surface area contributed by atoms with Crippen molar-refractivity contribution in [1.29, 1.82) is 0 Å². The van der Waals surface area contributed by atoms with Crippen LogP contribution in [0.5, 0.6) is 11.5 Å². The number of hydroxylamine groups is 2. The van der Waals surface area contributed by atoms with Crippen LogP contribution in [0.15, 0.2) is 48.5 Å². The van der Waals surface area contributed by atoms with Crippen LogP contribution in [-0.2, 0) is 9.63 Å². The second-order valence-corrected chi connectivity index (χ2v) is 7.43. The first kappa shape index (κ1) is 27.2. The zero-order valence-corrected chi connectivity index (χ0v) is 18.3. The molecule has 2 atom stereocenters. The van der Waals surface area contributed by atoms with Gasteiger partial charge in [-0.05, 0) is 42.5 Å². The van der Waals surface area contributed by atoms with Crippen molar-refractivity contribution in [3.63, 3.8) is 0 Å². The number of alkyl halides is 3. The monoisotopic (exact) mass is 506 g/mol. The number of carbonyl (C=O) groups is 2. The number of halogens is 4. The first-order chi connectivity index (χ1) is 15.9. The number of hydrogen-bond donors (Lipinski definition) is 3. The molecule has 3 rings (SSSR count). The molecule has 1 heterocycles. The second kappa shape index (κ2) is 12.4. The van der Waals surface area contributed by atoms with E-state index >= 15 is 0 Å². The first-order valence-electron chi connectivity index (χ1n) is 9.75. The lowest BCUT2D eigenvalue weighted by Gasteiger charge is -2.19. The fourth-order valence-electron chi connectivity index (χ4n) is 2.64. The fourth-order valence-corrected chi connectivity index (χ4v) is 2.77. The summed E-state index contributed by atoms with van der Waals surface area (Å²) >= 11 is 5.86. The molecule has 2 aromatic carbocycles. The van der Waals surface area contributed by atoms with Crippen LogP contribution >= 0.6 is 11.6 Å². The number of aliphatic hydroxyl groups excluding tert-OH is 1. The summed E-state index contributed by atoms with van der Waals surface area (Å²) in [6, 6.07) is 13.6. The topological polar surface area (TPSA) is 132 Å². The predicted molar refractivity (Wildman–Crippen MR) is 114 cm³/mol. The van der Waals surface area contributed by atoms with E-state index in [9.17, 15) is 23.1 Å². The number of nitrogens with two attached hydrogens (primary N) is 1. The van der Waals surface area contributed by atoms with Gasteiger partial charge >= 0.3 is 12.1 Å². The van der Waals surface area contributed by atoms with Crippen LogP contribution < -0.4 is 15.2 Å². The lowest BCUT2D eigenvalue weighted by atomic mass is 10.2. The molecule has 0 aliphatic carbocycles. The molecule has 1 saturated heterocycles. The van der Waals surface area contributed by atoms with Gasteiger partial charge in [-0.15, -0.1) is 0 Å². The van der Waals surface area contributed by atoms with Crippen molar-refractivity contribution in [2.75, 3.05) is 26.3 Å². The zero-order chi connectivity index (χ0) is 25.3. The van der Waals surface area contributed by atoms with Crippen molar-refractivity contribution in [3.8, 4) is 11.5 Å². The van der Waals surface area contributed by atoms with Gasteiger partial charge in [0, 0.05) is 10.6 Å². The molecule has 0 spiro atoms. The molecule has 0 saturated carbocycles. The van der Waals surface area contributed by atoms with Crippen molar-refractivity contribution in [1.82, 2.24) is 5.06 Å². The molecular weight excluding hydrogens is 485 g/mol. The van der Waals surface area contributed by atoms with E-state index < -0.39 is 24.2 Å². The maximum absolute atomic E-state index is 11.2. The smallest absolute Gasteiger partial charge is 0.490 e.